The minimum absolute atomic E-state index is 0.124. The van der Waals surface area contributed by atoms with Crippen LogP contribution in [0.5, 0.6) is 0 Å². The Bertz CT molecular complexity index is 436. The van der Waals surface area contributed by atoms with E-state index in [0.29, 0.717) is 16.8 Å². The van der Waals surface area contributed by atoms with Gasteiger partial charge in [-0.1, -0.05) is 0 Å². The topological polar surface area (TPSA) is 46.3 Å². The van der Waals surface area contributed by atoms with Crippen molar-refractivity contribution in [2.45, 2.75) is 32.7 Å². The van der Waals surface area contributed by atoms with E-state index in [2.05, 4.69) is 0 Å². The largest absolute Gasteiger partial charge is 0.398 e. The molecular weight excluding hydrogens is 219 g/mol. The van der Waals surface area contributed by atoms with Crippen molar-refractivity contribution in [3.63, 3.8) is 0 Å². The van der Waals surface area contributed by atoms with E-state index in [0.717, 1.165) is 19.4 Å². The molecule has 1 aliphatic rings. The zero-order valence-corrected chi connectivity index (χ0v) is 10.2. The molecule has 1 saturated heterocycles. The minimum Gasteiger partial charge on any atom is -0.398 e. The molecule has 1 unspecified atom stereocenters. The number of amides is 1. The summed E-state index contributed by atoms with van der Waals surface area (Å²) >= 11 is 0. The number of hydrogen-bond donors (Lipinski definition) is 1. The molecule has 1 aromatic rings. The molecule has 1 heterocycles. The summed E-state index contributed by atoms with van der Waals surface area (Å²) in [6.07, 6.45) is 2.02. The first kappa shape index (κ1) is 11.9. The number of halogens is 1. The molecule has 0 aliphatic carbocycles. The van der Waals surface area contributed by atoms with Gasteiger partial charge in [0.15, 0.2) is 0 Å². The summed E-state index contributed by atoms with van der Waals surface area (Å²) < 4.78 is 13.5. The number of likely N-dealkylation sites (tertiary alicyclic amines) is 1. The van der Waals surface area contributed by atoms with E-state index in [1.54, 1.807) is 17.9 Å². The molecule has 3 nitrogen and oxygen atoms in total. The summed E-state index contributed by atoms with van der Waals surface area (Å²) in [6, 6.07) is 3.07. The van der Waals surface area contributed by atoms with Crippen molar-refractivity contribution in [3.05, 3.63) is 29.1 Å². The molecule has 1 atom stereocenters. The van der Waals surface area contributed by atoms with Crippen LogP contribution in [0.25, 0.3) is 0 Å². The third-order valence-corrected chi connectivity index (χ3v) is 3.45. The third-order valence-electron chi connectivity index (χ3n) is 3.45. The van der Waals surface area contributed by atoms with Crippen molar-refractivity contribution in [2.24, 2.45) is 0 Å². The highest BCUT2D eigenvalue weighted by Gasteiger charge is 2.26. The van der Waals surface area contributed by atoms with Gasteiger partial charge in [-0.05, 0) is 38.8 Å². The molecule has 1 aromatic carbocycles. The van der Waals surface area contributed by atoms with Crippen LogP contribution in [-0.2, 0) is 0 Å². The Hall–Kier alpha value is -1.58. The molecule has 4 heteroatoms. The standard InChI is InChI=1S/C13H17FN2O/c1-8-4-3-5-16(8)13(17)10-6-11(14)9(2)12(15)7-10/h6-8H,3-5,15H2,1-2H3. The Morgan fingerprint density at radius 2 is 2.24 bits per heavy atom. The molecule has 92 valence electrons. The molecule has 0 spiro atoms. The fraction of sp³-hybridized carbons (Fsp3) is 0.462. The maximum absolute atomic E-state index is 13.5. The van der Waals surface area contributed by atoms with Crippen molar-refractivity contribution in [1.82, 2.24) is 4.90 Å². The van der Waals surface area contributed by atoms with Gasteiger partial charge in [0, 0.05) is 29.4 Å². The Kier molecular flexibility index (Phi) is 3.05. The Morgan fingerprint density at radius 1 is 1.53 bits per heavy atom. The van der Waals surface area contributed by atoms with Gasteiger partial charge in [0.1, 0.15) is 5.82 Å². The van der Waals surface area contributed by atoms with Crippen LogP contribution in [0.3, 0.4) is 0 Å². The number of rotatable bonds is 1. The third kappa shape index (κ3) is 2.12. The molecule has 2 rings (SSSR count). The number of nitrogens with two attached hydrogens (primary N) is 1. The number of anilines is 1. The van der Waals surface area contributed by atoms with Gasteiger partial charge in [-0.3, -0.25) is 4.79 Å². The predicted octanol–water partition coefficient (Wildman–Crippen LogP) is 2.34. The minimum atomic E-state index is -0.416. The van der Waals surface area contributed by atoms with Gasteiger partial charge in [-0.15, -0.1) is 0 Å². The maximum Gasteiger partial charge on any atom is 0.254 e. The van der Waals surface area contributed by atoms with Gasteiger partial charge in [0.25, 0.3) is 5.91 Å². The molecule has 0 saturated carbocycles. The smallest absolute Gasteiger partial charge is 0.254 e. The molecule has 17 heavy (non-hydrogen) atoms. The van der Waals surface area contributed by atoms with Crippen LogP contribution in [-0.4, -0.2) is 23.4 Å². The number of nitrogens with zero attached hydrogens (tertiary/aromatic N) is 1. The van der Waals surface area contributed by atoms with E-state index in [1.807, 2.05) is 6.92 Å². The SMILES string of the molecule is Cc1c(N)cc(C(=O)N2CCCC2C)cc1F. The summed E-state index contributed by atoms with van der Waals surface area (Å²) in [7, 11) is 0. The fourth-order valence-electron chi connectivity index (χ4n) is 2.22. The summed E-state index contributed by atoms with van der Waals surface area (Å²) in [5.41, 5.74) is 6.76. The lowest BCUT2D eigenvalue weighted by atomic mass is 10.1. The average Bonchev–Trinajstić information content (AvgIpc) is 2.70. The van der Waals surface area contributed by atoms with Gasteiger partial charge in [0.05, 0.1) is 0 Å². The van der Waals surface area contributed by atoms with Crippen LogP contribution in [0.15, 0.2) is 12.1 Å². The lowest BCUT2D eigenvalue weighted by Gasteiger charge is -2.21. The Balaban J connectivity index is 2.31. The molecule has 0 bridgehead atoms. The van der Waals surface area contributed by atoms with E-state index in [4.69, 9.17) is 5.73 Å². The second kappa shape index (κ2) is 4.35. The lowest BCUT2D eigenvalue weighted by Crippen LogP contribution is -2.33. The normalized spacial score (nSPS) is 19.7. The summed E-state index contributed by atoms with van der Waals surface area (Å²) in [5, 5.41) is 0. The highest BCUT2D eigenvalue weighted by Crippen LogP contribution is 2.23. The zero-order valence-electron chi connectivity index (χ0n) is 10.2. The van der Waals surface area contributed by atoms with Crippen molar-refractivity contribution in [3.8, 4) is 0 Å². The molecule has 2 N–H and O–H groups in total. The molecule has 0 radical (unpaired) electrons. The molecular formula is C13H17FN2O. The van der Waals surface area contributed by atoms with E-state index < -0.39 is 5.82 Å². The quantitative estimate of drug-likeness (QED) is 0.761. The van der Waals surface area contributed by atoms with E-state index in [1.165, 1.54) is 6.07 Å². The van der Waals surface area contributed by atoms with E-state index in [-0.39, 0.29) is 11.9 Å². The number of carbonyl (C=O) groups is 1. The van der Waals surface area contributed by atoms with Crippen molar-refractivity contribution < 1.29 is 9.18 Å². The Morgan fingerprint density at radius 3 is 2.76 bits per heavy atom. The van der Waals surface area contributed by atoms with Crippen LogP contribution in [0.1, 0.15) is 35.7 Å². The van der Waals surface area contributed by atoms with Gasteiger partial charge < -0.3 is 10.6 Å². The predicted molar refractivity (Wildman–Crippen MR) is 65.3 cm³/mol. The number of carbonyl (C=O) groups excluding carboxylic acids is 1. The second-order valence-electron chi connectivity index (χ2n) is 4.66. The first-order valence-electron chi connectivity index (χ1n) is 5.87. The molecule has 1 amide bonds. The van der Waals surface area contributed by atoms with Crippen molar-refractivity contribution in [1.29, 1.82) is 0 Å². The highest BCUT2D eigenvalue weighted by atomic mass is 19.1. The molecule has 1 fully saturated rings. The van der Waals surface area contributed by atoms with Crippen LogP contribution in [0, 0.1) is 12.7 Å². The van der Waals surface area contributed by atoms with Gasteiger partial charge in [0.2, 0.25) is 0 Å². The van der Waals surface area contributed by atoms with Crippen LogP contribution in [0.2, 0.25) is 0 Å². The van der Waals surface area contributed by atoms with Crippen LogP contribution >= 0.6 is 0 Å². The average molecular weight is 236 g/mol. The summed E-state index contributed by atoms with van der Waals surface area (Å²) in [6.45, 7) is 4.37. The van der Waals surface area contributed by atoms with Gasteiger partial charge >= 0.3 is 0 Å². The van der Waals surface area contributed by atoms with Crippen LogP contribution in [0.4, 0.5) is 10.1 Å². The van der Waals surface area contributed by atoms with Gasteiger partial charge in [-0.25, -0.2) is 4.39 Å². The number of hydrogen-bond acceptors (Lipinski definition) is 2. The summed E-state index contributed by atoms with van der Waals surface area (Å²) in [4.78, 5) is 14.0. The van der Waals surface area contributed by atoms with Crippen LogP contribution < -0.4 is 5.73 Å². The van der Waals surface area contributed by atoms with E-state index in [9.17, 15) is 9.18 Å². The van der Waals surface area contributed by atoms with Crippen molar-refractivity contribution in [2.75, 3.05) is 12.3 Å². The molecule has 0 aromatic heterocycles. The molecule has 1 aliphatic heterocycles. The van der Waals surface area contributed by atoms with E-state index >= 15 is 0 Å². The van der Waals surface area contributed by atoms with Crippen molar-refractivity contribution >= 4 is 11.6 Å². The highest BCUT2D eigenvalue weighted by molar-refractivity contribution is 5.95. The maximum atomic E-state index is 13.5. The second-order valence-corrected chi connectivity index (χ2v) is 4.66. The first-order valence-corrected chi connectivity index (χ1v) is 5.87. The van der Waals surface area contributed by atoms with Gasteiger partial charge in [-0.2, -0.15) is 0 Å². The number of nitrogen functional groups attached to an aromatic ring is 1. The Labute approximate surface area is 100 Å². The fourth-order valence-corrected chi connectivity index (χ4v) is 2.22. The summed E-state index contributed by atoms with van der Waals surface area (Å²) in [5.74, 6) is -0.541. The lowest BCUT2D eigenvalue weighted by molar-refractivity contribution is 0.0747. The first-order chi connectivity index (χ1) is 8.00. The monoisotopic (exact) mass is 236 g/mol. The zero-order chi connectivity index (χ0) is 12.6. The number of benzene rings is 1.